The van der Waals surface area contributed by atoms with E-state index >= 15 is 0 Å². The Kier molecular flexibility index (Phi) is 4.40. The Morgan fingerprint density at radius 2 is 2.05 bits per heavy atom. The van der Waals surface area contributed by atoms with Crippen molar-refractivity contribution in [3.05, 3.63) is 64.4 Å². The molecule has 19 heavy (non-hydrogen) atoms. The zero-order chi connectivity index (χ0) is 13.8. The van der Waals surface area contributed by atoms with Crippen molar-refractivity contribution in [3.8, 4) is 5.75 Å². The Balaban J connectivity index is 2.10. The Bertz CT molecular complexity index is 572. The quantitative estimate of drug-likeness (QED) is 0.915. The number of hydrogen-bond donors (Lipinski definition) is 1. The van der Waals surface area contributed by atoms with Crippen LogP contribution in [0.25, 0.3) is 0 Å². The van der Waals surface area contributed by atoms with Gasteiger partial charge in [-0.2, -0.15) is 0 Å². The molecule has 0 aliphatic rings. The lowest BCUT2D eigenvalue weighted by Crippen LogP contribution is -2.05. The highest BCUT2D eigenvalue weighted by molar-refractivity contribution is 6.31. The number of nitrogens with two attached hydrogens (primary N) is 1. The second-order valence-electron chi connectivity index (χ2n) is 4.39. The average Bonchev–Trinajstić information content (AvgIpc) is 2.40. The molecular formula is C15H15ClFNO. The van der Waals surface area contributed by atoms with E-state index in [1.807, 2.05) is 31.2 Å². The van der Waals surface area contributed by atoms with Gasteiger partial charge in [-0.05, 0) is 42.8 Å². The maximum Gasteiger partial charge on any atom is 0.123 e. The molecule has 1 atom stereocenters. The van der Waals surface area contributed by atoms with Crippen LogP contribution < -0.4 is 10.5 Å². The summed E-state index contributed by atoms with van der Waals surface area (Å²) in [4.78, 5) is 0. The van der Waals surface area contributed by atoms with Crippen molar-refractivity contribution in [2.24, 2.45) is 5.73 Å². The molecule has 0 saturated heterocycles. The summed E-state index contributed by atoms with van der Waals surface area (Å²) < 4.78 is 18.7. The summed E-state index contributed by atoms with van der Waals surface area (Å²) in [5, 5.41) is 0.491. The smallest absolute Gasteiger partial charge is 0.123 e. The van der Waals surface area contributed by atoms with Crippen LogP contribution in [0.1, 0.15) is 24.1 Å². The van der Waals surface area contributed by atoms with Crippen LogP contribution in [0.4, 0.5) is 4.39 Å². The lowest BCUT2D eigenvalue weighted by Gasteiger charge is -2.11. The summed E-state index contributed by atoms with van der Waals surface area (Å²) in [5.74, 6) is 0.363. The van der Waals surface area contributed by atoms with Gasteiger partial charge in [0.2, 0.25) is 0 Å². The molecule has 0 unspecified atom stereocenters. The molecule has 0 aliphatic heterocycles. The van der Waals surface area contributed by atoms with Gasteiger partial charge in [0.25, 0.3) is 0 Å². The van der Waals surface area contributed by atoms with Gasteiger partial charge in [0, 0.05) is 16.6 Å². The van der Waals surface area contributed by atoms with Crippen LogP contribution in [-0.4, -0.2) is 0 Å². The molecular weight excluding hydrogens is 265 g/mol. The summed E-state index contributed by atoms with van der Waals surface area (Å²) in [6.07, 6.45) is 0. The zero-order valence-corrected chi connectivity index (χ0v) is 11.3. The molecule has 100 valence electrons. The van der Waals surface area contributed by atoms with E-state index in [-0.39, 0.29) is 18.5 Å². The first-order valence-corrected chi connectivity index (χ1v) is 6.36. The highest BCUT2D eigenvalue weighted by Crippen LogP contribution is 2.22. The van der Waals surface area contributed by atoms with Crippen LogP contribution in [0, 0.1) is 5.82 Å². The third-order valence-electron chi connectivity index (χ3n) is 2.79. The first kappa shape index (κ1) is 13.8. The largest absolute Gasteiger partial charge is 0.489 e. The molecule has 0 bridgehead atoms. The summed E-state index contributed by atoms with van der Waals surface area (Å²) in [6, 6.07) is 11.7. The molecule has 2 nitrogen and oxygen atoms in total. The van der Waals surface area contributed by atoms with Crippen molar-refractivity contribution in [1.29, 1.82) is 0 Å². The average molecular weight is 280 g/mol. The van der Waals surface area contributed by atoms with Crippen LogP contribution in [0.15, 0.2) is 42.5 Å². The fraction of sp³-hybridized carbons (Fsp3) is 0.200. The van der Waals surface area contributed by atoms with Crippen LogP contribution >= 0.6 is 11.6 Å². The molecule has 0 heterocycles. The fourth-order valence-corrected chi connectivity index (χ4v) is 1.87. The van der Waals surface area contributed by atoms with E-state index in [4.69, 9.17) is 22.1 Å². The standard InChI is InChI=1S/C15H15ClFNO/c1-10(18)11-3-2-4-14(8-11)19-9-12-7-13(17)5-6-15(12)16/h2-8,10H,9,18H2,1H3/t10-/m0/s1. The van der Waals surface area contributed by atoms with E-state index in [0.29, 0.717) is 16.3 Å². The molecule has 2 aromatic rings. The van der Waals surface area contributed by atoms with Crippen molar-refractivity contribution in [1.82, 2.24) is 0 Å². The SMILES string of the molecule is C[C@H](N)c1cccc(OCc2cc(F)ccc2Cl)c1. The first-order chi connectivity index (χ1) is 9.06. The second kappa shape index (κ2) is 6.04. The van der Waals surface area contributed by atoms with E-state index in [1.165, 1.54) is 18.2 Å². The topological polar surface area (TPSA) is 35.2 Å². The summed E-state index contributed by atoms with van der Waals surface area (Å²) in [5.41, 5.74) is 7.41. The molecule has 2 N–H and O–H groups in total. The van der Waals surface area contributed by atoms with Gasteiger partial charge in [-0.1, -0.05) is 23.7 Å². The minimum absolute atomic E-state index is 0.0543. The van der Waals surface area contributed by atoms with Crippen molar-refractivity contribution in [2.45, 2.75) is 19.6 Å². The lowest BCUT2D eigenvalue weighted by atomic mass is 10.1. The summed E-state index contributed by atoms with van der Waals surface area (Å²) in [6.45, 7) is 2.13. The molecule has 0 fully saturated rings. The molecule has 0 aromatic heterocycles. The molecule has 0 amide bonds. The van der Waals surface area contributed by atoms with Crippen LogP contribution in [0.2, 0.25) is 5.02 Å². The molecule has 0 saturated carbocycles. The van der Waals surface area contributed by atoms with Gasteiger partial charge in [-0.15, -0.1) is 0 Å². The van der Waals surface area contributed by atoms with Gasteiger partial charge >= 0.3 is 0 Å². The third-order valence-corrected chi connectivity index (χ3v) is 3.15. The number of halogens is 2. The monoisotopic (exact) mass is 279 g/mol. The Labute approximate surface area is 117 Å². The molecule has 0 aliphatic carbocycles. The van der Waals surface area contributed by atoms with E-state index in [1.54, 1.807) is 0 Å². The number of ether oxygens (including phenoxy) is 1. The fourth-order valence-electron chi connectivity index (χ4n) is 1.70. The van der Waals surface area contributed by atoms with Crippen molar-refractivity contribution in [3.63, 3.8) is 0 Å². The van der Waals surface area contributed by atoms with Crippen molar-refractivity contribution < 1.29 is 9.13 Å². The van der Waals surface area contributed by atoms with E-state index in [9.17, 15) is 4.39 Å². The normalized spacial score (nSPS) is 12.2. The molecule has 2 aromatic carbocycles. The lowest BCUT2D eigenvalue weighted by molar-refractivity contribution is 0.305. The maximum atomic E-state index is 13.1. The maximum absolute atomic E-state index is 13.1. The molecule has 0 radical (unpaired) electrons. The highest BCUT2D eigenvalue weighted by Gasteiger charge is 2.05. The van der Waals surface area contributed by atoms with Crippen LogP contribution in [0.5, 0.6) is 5.75 Å². The Hall–Kier alpha value is -1.58. The van der Waals surface area contributed by atoms with Crippen LogP contribution in [0.3, 0.4) is 0 Å². The number of hydrogen-bond acceptors (Lipinski definition) is 2. The van der Waals surface area contributed by atoms with E-state index < -0.39 is 0 Å². The summed E-state index contributed by atoms with van der Waals surface area (Å²) >= 11 is 5.98. The van der Waals surface area contributed by atoms with Gasteiger partial charge in [-0.25, -0.2) is 4.39 Å². The van der Waals surface area contributed by atoms with Gasteiger partial charge in [0.1, 0.15) is 18.2 Å². The first-order valence-electron chi connectivity index (χ1n) is 5.98. The molecule has 2 rings (SSSR count). The van der Waals surface area contributed by atoms with E-state index in [2.05, 4.69) is 0 Å². The minimum atomic E-state index is -0.327. The van der Waals surface area contributed by atoms with Crippen LogP contribution in [-0.2, 0) is 6.61 Å². The number of rotatable bonds is 4. The third kappa shape index (κ3) is 3.69. The molecule has 4 heteroatoms. The highest BCUT2D eigenvalue weighted by atomic mass is 35.5. The van der Waals surface area contributed by atoms with Gasteiger partial charge in [0.15, 0.2) is 0 Å². The van der Waals surface area contributed by atoms with Gasteiger partial charge in [-0.3, -0.25) is 0 Å². The zero-order valence-electron chi connectivity index (χ0n) is 10.6. The van der Waals surface area contributed by atoms with Crippen molar-refractivity contribution in [2.75, 3.05) is 0 Å². The number of benzene rings is 2. The van der Waals surface area contributed by atoms with Crippen molar-refractivity contribution >= 4 is 11.6 Å². The predicted molar refractivity (Wildman–Crippen MR) is 74.8 cm³/mol. The second-order valence-corrected chi connectivity index (χ2v) is 4.79. The van der Waals surface area contributed by atoms with Gasteiger partial charge in [0.05, 0.1) is 0 Å². The van der Waals surface area contributed by atoms with Gasteiger partial charge < -0.3 is 10.5 Å². The van der Waals surface area contributed by atoms with E-state index in [0.717, 1.165) is 5.56 Å². The Morgan fingerprint density at radius 1 is 1.26 bits per heavy atom. The molecule has 0 spiro atoms. The summed E-state index contributed by atoms with van der Waals surface area (Å²) in [7, 11) is 0. The predicted octanol–water partition coefficient (Wildman–Crippen LogP) is 4.08. The Morgan fingerprint density at radius 3 is 2.79 bits per heavy atom. The minimum Gasteiger partial charge on any atom is -0.489 e.